The molecule has 0 saturated carbocycles. The highest BCUT2D eigenvalue weighted by Gasteiger charge is 2.25. The van der Waals surface area contributed by atoms with Crippen LogP contribution in [0.5, 0.6) is 5.75 Å². The molecule has 1 aromatic carbocycles. The summed E-state index contributed by atoms with van der Waals surface area (Å²) in [6.07, 6.45) is 5.71. The first-order valence-electron chi connectivity index (χ1n) is 13.0. The van der Waals surface area contributed by atoms with Gasteiger partial charge in [-0.2, -0.15) is 0 Å². The molecule has 5 rings (SSSR count). The van der Waals surface area contributed by atoms with Crippen molar-refractivity contribution in [3.05, 3.63) is 87.7 Å². The molecule has 1 aliphatic rings. The number of unbranched alkanes of at least 4 members (excludes halogenated alkanes) is 1. The van der Waals surface area contributed by atoms with E-state index in [0.717, 1.165) is 54.4 Å². The molecule has 0 N–H and O–H groups in total. The second-order valence-corrected chi connectivity index (χ2v) is 9.62. The van der Waals surface area contributed by atoms with E-state index in [9.17, 15) is 18.4 Å². The molecule has 0 bridgehead atoms. The Morgan fingerprint density at radius 1 is 1.15 bits per heavy atom. The highest BCUT2D eigenvalue weighted by atomic mass is 19.1. The fourth-order valence-electron chi connectivity index (χ4n) is 4.92. The van der Waals surface area contributed by atoms with Gasteiger partial charge >= 0.3 is 6.09 Å². The molecule has 4 heterocycles. The lowest BCUT2D eigenvalue weighted by atomic mass is 10.1. The third-order valence-electron chi connectivity index (χ3n) is 7.02. The summed E-state index contributed by atoms with van der Waals surface area (Å²) in [5.74, 6) is -1.33. The number of aromatic nitrogens is 3. The molecule has 1 amide bonds. The maximum atomic E-state index is 13.8. The molecule has 3 aromatic heterocycles. The SMILES string of the molecule is CCCCOC(=O)N1CCCc2c(c3ccc(-n4ccc(OCc5ncc(F)cc5F)cc4=O)cc3n2C)C1. The van der Waals surface area contributed by atoms with E-state index in [1.807, 2.05) is 25.2 Å². The third-order valence-corrected chi connectivity index (χ3v) is 7.02. The summed E-state index contributed by atoms with van der Waals surface area (Å²) in [5.41, 5.74) is 3.53. The first-order valence-corrected chi connectivity index (χ1v) is 13.0. The number of pyridine rings is 2. The number of halogens is 2. The highest BCUT2D eigenvalue weighted by Crippen LogP contribution is 2.31. The molecule has 0 atom stereocenters. The number of benzene rings is 1. The fourth-order valence-corrected chi connectivity index (χ4v) is 4.92. The molecule has 1 aliphatic heterocycles. The molecule has 8 nitrogen and oxygen atoms in total. The maximum absolute atomic E-state index is 13.8. The van der Waals surface area contributed by atoms with Crippen molar-refractivity contribution in [2.24, 2.45) is 7.05 Å². The van der Waals surface area contributed by atoms with Crippen molar-refractivity contribution in [2.45, 2.75) is 45.8 Å². The zero-order valence-electron chi connectivity index (χ0n) is 22.0. The number of ether oxygens (including phenoxy) is 2. The number of hydrogen-bond donors (Lipinski definition) is 0. The molecule has 0 spiro atoms. The van der Waals surface area contributed by atoms with Crippen LogP contribution in [0.15, 0.2) is 53.6 Å². The van der Waals surface area contributed by atoms with Crippen LogP contribution in [-0.4, -0.2) is 38.3 Å². The minimum Gasteiger partial charge on any atom is -0.487 e. The van der Waals surface area contributed by atoms with Gasteiger partial charge < -0.3 is 18.9 Å². The van der Waals surface area contributed by atoms with Crippen LogP contribution in [-0.2, 0) is 31.4 Å². The van der Waals surface area contributed by atoms with Gasteiger partial charge in [0.1, 0.15) is 23.9 Å². The lowest BCUT2D eigenvalue weighted by Gasteiger charge is -2.20. The first kappa shape index (κ1) is 26.4. The lowest BCUT2D eigenvalue weighted by Crippen LogP contribution is -2.31. The van der Waals surface area contributed by atoms with Gasteiger partial charge in [0.2, 0.25) is 0 Å². The van der Waals surface area contributed by atoms with Gasteiger partial charge in [0.15, 0.2) is 5.82 Å². The van der Waals surface area contributed by atoms with Crippen molar-refractivity contribution in [1.82, 2.24) is 19.0 Å². The average Bonchev–Trinajstić information content (AvgIpc) is 3.05. The van der Waals surface area contributed by atoms with Crippen molar-refractivity contribution in [2.75, 3.05) is 13.2 Å². The maximum Gasteiger partial charge on any atom is 0.410 e. The number of amides is 1. The zero-order valence-corrected chi connectivity index (χ0v) is 22.0. The number of rotatable bonds is 7. The highest BCUT2D eigenvalue weighted by molar-refractivity contribution is 5.87. The standard InChI is InChI=1S/C29H30F2N4O4/c1-3-4-12-38-29(37)34-10-5-6-26-23(17-34)22-8-7-20(14-27(22)33(26)2)35-11-9-21(15-28(35)36)39-18-25-24(31)13-19(30)16-32-25/h7-9,11,13-16H,3-6,10,12,17-18H2,1-2H3. The largest absolute Gasteiger partial charge is 0.487 e. The van der Waals surface area contributed by atoms with E-state index in [0.29, 0.717) is 25.4 Å². The van der Waals surface area contributed by atoms with E-state index in [2.05, 4.69) is 16.5 Å². The van der Waals surface area contributed by atoms with Gasteiger partial charge in [-0.15, -0.1) is 0 Å². The Kier molecular flexibility index (Phi) is 7.63. The van der Waals surface area contributed by atoms with Crippen molar-refractivity contribution >= 4 is 17.0 Å². The topological polar surface area (TPSA) is 78.6 Å². The molecule has 10 heteroatoms. The summed E-state index contributed by atoms with van der Waals surface area (Å²) in [7, 11) is 2.00. The monoisotopic (exact) mass is 536 g/mol. The molecular weight excluding hydrogens is 506 g/mol. The predicted molar refractivity (Wildman–Crippen MR) is 142 cm³/mol. The number of carbonyl (C=O) groups excluding carboxylic acids is 1. The van der Waals surface area contributed by atoms with Crippen LogP contribution in [0.25, 0.3) is 16.6 Å². The average molecular weight is 537 g/mol. The second-order valence-electron chi connectivity index (χ2n) is 9.62. The van der Waals surface area contributed by atoms with Crippen LogP contribution in [0.2, 0.25) is 0 Å². The van der Waals surface area contributed by atoms with Crippen LogP contribution in [0, 0.1) is 11.6 Å². The number of hydrogen-bond acceptors (Lipinski definition) is 5. The quantitative estimate of drug-likeness (QED) is 0.301. The summed E-state index contributed by atoms with van der Waals surface area (Å²) >= 11 is 0. The van der Waals surface area contributed by atoms with Gasteiger partial charge in [0, 0.05) is 48.6 Å². The van der Waals surface area contributed by atoms with E-state index in [1.54, 1.807) is 17.2 Å². The zero-order chi connectivity index (χ0) is 27.5. The molecule has 4 aromatic rings. The number of nitrogens with zero attached hydrogens (tertiary/aromatic N) is 4. The van der Waals surface area contributed by atoms with Crippen molar-refractivity contribution in [3.63, 3.8) is 0 Å². The van der Waals surface area contributed by atoms with Crippen LogP contribution < -0.4 is 10.3 Å². The Morgan fingerprint density at radius 2 is 2.00 bits per heavy atom. The van der Waals surface area contributed by atoms with Crippen molar-refractivity contribution in [1.29, 1.82) is 0 Å². The van der Waals surface area contributed by atoms with E-state index in [-0.39, 0.29) is 29.7 Å². The van der Waals surface area contributed by atoms with Gasteiger partial charge in [-0.1, -0.05) is 19.4 Å². The minimum atomic E-state index is -0.811. The van der Waals surface area contributed by atoms with Gasteiger partial charge in [0.25, 0.3) is 5.56 Å². The summed E-state index contributed by atoms with van der Waals surface area (Å²) in [4.78, 5) is 31.0. The number of fused-ring (bicyclic) bond motifs is 3. The Balaban J connectivity index is 1.37. The third kappa shape index (κ3) is 5.50. The van der Waals surface area contributed by atoms with E-state index >= 15 is 0 Å². The van der Waals surface area contributed by atoms with Crippen molar-refractivity contribution in [3.8, 4) is 11.4 Å². The summed E-state index contributed by atoms with van der Waals surface area (Å²) in [6, 6.07) is 9.46. The normalized spacial score (nSPS) is 13.3. The van der Waals surface area contributed by atoms with Gasteiger partial charge in [-0.25, -0.2) is 13.6 Å². The second kappa shape index (κ2) is 11.3. The molecule has 0 unspecified atom stereocenters. The van der Waals surface area contributed by atoms with E-state index in [4.69, 9.17) is 9.47 Å². The molecule has 39 heavy (non-hydrogen) atoms. The summed E-state index contributed by atoms with van der Waals surface area (Å²) in [5, 5.41) is 1.03. The van der Waals surface area contributed by atoms with Gasteiger partial charge in [0.05, 0.1) is 30.6 Å². The van der Waals surface area contributed by atoms with Crippen molar-refractivity contribution < 1.29 is 23.0 Å². The van der Waals surface area contributed by atoms with Crippen LogP contribution in [0.4, 0.5) is 13.6 Å². The molecule has 0 saturated heterocycles. The minimum absolute atomic E-state index is 0.0534. The van der Waals surface area contributed by atoms with Crippen LogP contribution in [0.3, 0.4) is 0 Å². The van der Waals surface area contributed by atoms with Gasteiger partial charge in [-0.05, 0) is 37.5 Å². The molecule has 0 fully saturated rings. The number of carbonyl (C=O) groups is 1. The van der Waals surface area contributed by atoms with Crippen LogP contribution >= 0.6 is 0 Å². The summed E-state index contributed by atoms with van der Waals surface area (Å²) < 4.78 is 41.5. The first-order chi connectivity index (χ1) is 18.9. The molecule has 0 radical (unpaired) electrons. The molecule has 0 aliphatic carbocycles. The van der Waals surface area contributed by atoms with E-state index < -0.39 is 11.6 Å². The van der Waals surface area contributed by atoms with Crippen LogP contribution in [0.1, 0.15) is 43.1 Å². The Labute approximate surface area is 224 Å². The Hall–Kier alpha value is -4.21. The molecular formula is C29H30F2N4O4. The van der Waals surface area contributed by atoms with E-state index in [1.165, 1.54) is 16.3 Å². The van der Waals surface area contributed by atoms with Gasteiger partial charge in [-0.3, -0.25) is 14.3 Å². The fraction of sp³-hybridized carbons (Fsp3) is 0.345. The Morgan fingerprint density at radius 3 is 2.77 bits per heavy atom. The predicted octanol–water partition coefficient (Wildman–Crippen LogP) is 5.27. The molecule has 204 valence electrons. The smallest absolute Gasteiger partial charge is 0.410 e. The number of aryl methyl sites for hydroxylation is 1. The summed E-state index contributed by atoms with van der Waals surface area (Å²) in [6.45, 7) is 3.37. The Bertz CT molecular complexity index is 1580. The lowest BCUT2D eigenvalue weighted by molar-refractivity contribution is 0.0992.